The number of furan rings is 1. The highest BCUT2D eigenvalue weighted by molar-refractivity contribution is 8.06. The lowest BCUT2D eigenvalue weighted by Crippen LogP contribution is -2.71. The first-order valence-corrected chi connectivity index (χ1v) is 17.4. The first-order valence-electron chi connectivity index (χ1n) is 15.6. The molecule has 1 aromatic heterocycles. The largest absolute Gasteiger partial charge is 0.508 e. The summed E-state index contributed by atoms with van der Waals surface area (Å²) in [6.07, 6.45) is 0. The number of urea groups is 1. The molecule has 0 aliphatic carbocycles. The van der Waals surface area contributed by atoms with E-state index in [0.29, 0.717) is 15.4 Å². The van der Waals surface area contributed by atoms with Crippen molar-refractivity contribution in [2.45, 2.75) is 29.3 Å². The van der Waals surface area contributed by atoms with Crippen molar-refractivity contribution in [2.75, 3.05) is 25.4 Å². The smallest absolute Gasteiger partial charge is 0.353 e. The molecule has 7 rings (SSSR count). The number of imide groups is 1. The van der Waals surface area contributed by atoms with E-state index in [2.05, 4.69) is 10.6 Å². The van der Waals surface area contributed by atoms with Gasteiger partial charge in [-0.15, -0.1) is 11.8 Å². The number of carbonyl (C=O) groups is 6. The van der Waals surface area contributed by atoms with Crippen molar-refractivity contribution in [3.63, 3.8) is 0 Å². The molecule has 6 amide bonds. The van der Waals surface area contributed by atoms with Gasteiger partial charge in [-0.05, 0) is 37.3 Å². The number of likely N-dealkylation sites (N-methyl/N-ethyl adjacent to an activating group) is 1. The molecule has 0 spiro atoms. The molecular formula is C34H29N5O9S2. The number of fused-ring (bicyclic) bond motifs is 4. The Morgan fingerprint density at radius 1 is 0.980 bits per heavy atom. The zero-order valence-electron chi connectivity index (χ0n) is 26.3. The molecule has 256 valence electrons. The van der Waals surface area contributed by atoms with Gasteiger partial charge in [-0.25, -0.2) is 9.59 Å². The molecule has 3 aliphatic rings. The summed E-state index contributed by atoms with van der Waals surface area (Å²) in [6.45, 7) is 1.99. The third-order valence-corrected chi connectivity index (χ3v) is 11.3. The second kappa shape index (κ2) is 13.1. The number of rotatable bonds is 8. The first-order chi connectivity index (χ1) is 24.1. The molecule has 16 heteroatoms. The van der Waals surface area contributed by atoms with E-state index in [1.807, 2.05) is 42.5 Å². The molecule has 3 aromatic carbocycles. The maximum Gasteiger partial charge on any atom is 0.353 e. The molecule has 1 unspecified atom stereocenters. The number of carboxylic acid groups (broad SMARTS) is 1. The topological polar surface area (TPSA) is 190 Å². The number of thioether (sulfide) groups is 2. The number of β-lactam (4-membered cyclic amide) rings is 1. The fraction of sp³-hybridized carbons (Fsp3) is 0.235. The molecule has 14 nitrogen and oxygen atoms in total. The number of aliphatic carboxylic acids is 1. The van der Waals surface area contributed by atoms with E-state index in [4.69, 9.17) is 4.42 Å². The Kier molecular flexibility index (Phi) is 8.65. The number of carboxylic acids is 1. The van der Waals surface area contributed by atoms with Crippen molar-refractivity contribution < 1.29 is 43.4 Å². The molecule has 0 bridgehead atoms. The van der Waals surface area contributed by atoms with Crippen molar-refractivity contribution in [3.8, 4) is 5.75 Å². The van der Waals surface area contributed by atoms with Gasteiger partial charge in [-0.1, -0.05) is 48.2 Å². The van der Waals surface area contributed by atoms with Crippen molar-refractivity contribution in [2.24, 2.45) is 0 Å². The normalized spacial score (nSPS) is 19.8. The van der Waals surface area contributed by atoms with Crippen LogP contribution < -0.4 is 10.6 Å². The Labute approximate surface area is 292 Å². The number of piperazine rings is 1. The number of nitrogens with zero attached hydrogens (tertiary/aromatic N) is 3. The molecule has 2 saturated heterocycles. The van der Waals surface area contributed by atoms with E-state index in [0.717, 1.165) is 26.2 Å². The Hall–Kier alpha value is -5.48. The Balaban J connectivity index is 1.10. The van der Waals surface area contributed by atoms with E-state index in [1.54, 1.807) is 6.92 Å². The average molecular weight is 716 g/mol. The fourth-order valence-electron chi connectivity index (χ4n) is 6.21. The third kappa shape index (κ3) is 5.69. The predicted molar refractivity (Wildman–Crippen MR) is 183 cm³/mol. The second-order valence-corrected chi connectivity index (χ2v) is 13.9. The quantitative estimate of drug-likeness (QED) is 0.155. The highest BCUT2D eigenvalue weighted by Crippen LogP contribution is 2.46. The lowest BCUT2D eigenvalue weighted by atomic mass is 10.0. The average Bonchev–Trinajstić information content (AvgIpc) is 3.48. The lowest BCUT2D eigenvalue weighted by Gasteiger charge is -2.49. The van der Waals surface area contributed by atoms with Crippen molar-refractivity contribution in [1.82, 2.24) is 25.3 Å². The minimum absolute atomic E-state index is 0.0181. The number of carbonyl (C=O) groups excluding carboxylic acids is 5. The summed E-state index contributed by atoms with van der Waals surface area (Å²) in [5, 5.41) is 26.9. The number of para-hydroxylation sites is 2. The van der Waals surface area contributed by atoms with Crippen LogP contribution in [0.3, 0.4) is 0 Å². The molecule has 50 heavy (non-hydrogen) atoms. The third-order valence-electron chi connectivity index (χ3n) is 8.74. The zero-order valence-corrected chi connectivity index (χ0v) is 28.0. The molecule has 4 N–H and O–H groups in total. The summed E-state index contributed by atoms with van der Waals surface area (Å²) in [6, 6.07) is 15.2. The van der Waals surface area contributed by atoms with Gasteiger partial charge in [0.15, 0.2) is 0 Å². The highest BCUT2D eigenvalue weighted by Gasteiger charge is 2.55. The summed E-state index contributed by atoms with van der Waals surface area (Å²) >= 11 is 2.48. The first kappa shape index (κ1) is 33.0. The van der Waals surface area contributed by atoms with Crippen LogP contribution in [0.4, 0.5) is 4.79 Å². The highest BCUT2D eigenvalue weighted by atomic mass is 32.2. The van der Waals surface area contributed by atoms with Gasteiger partial charge < -0.3 is 30.2 Å². The van der Waals surface area contributed by atoms with E-state index < -0.39 is 53.1 Å². The van der Waals surface area contributed by atoms with Gasteiger partial charge in [0.05, 0.1) is 0 Å². The summed E-state index contributed by atoms with van der Waals surface area (Å²) in [5.41, 5.74) is 1.16. The summed E-state index contributed by atoms with van der Waals surface area (Å²) in [5.74, 6) is -4.88. The van der Waals surface area contributed by atoms with Gasteiger partial charge in [-0.2, -0.15) is 0 Å². The van der Waals surface area contributed by atoms with Gasteiger partial charge in [0.1, 0.15) is 40.1 Å². The van der Waals surface area contributed by atoms with Crippen LogP contribution in [0.5, 0.6) is 5.75 Å². The van der Waals surface area contributed by atoms with E-state index in [9.17, 15) is 39.0 Å². The van der Waals surface area contributed by atoms with Crippen LogP contribution in [0.1, 0.15) is 18.5 Å². The molecule has 0 saturated carbocycles. The minimum Gasteiger partial charge on any atom is -0.508 e. The van der Waals surface area contributed by atoms with Crippen LogP contribution in [0.2, 0.25) is 0 Å². The summed E-state index contributed by atoms with van der Waals surface area (Å²) in [4.78, 5) is 82.3. The molecular weight excluding hydrogens is 687 g/mol. The number of amides is 6. The second-order valence-electron chi connectivity index (χ2n) is 11.6. The summed E-state index contributed by atoms with van der Waals surface area (Å²) < 4.78 is 5.98. The maximum absolute atomic E-state index is 13.7. The van der Waals surface area contributed by atoms with E-state index >= 15 is 0 Å². The number of nitrogens with one attached hydrogen (secondary N) is 2. The molecule has 4 aromatic rings. The van der Waals surface area contributed by atoms with Crippen LogP contribution in [0.25, 0.3) is 21.9 Å². The molecule has 0 radical (unpaired) electrons. The maximum atomic E-state index is 13.7. The molecule has 3 aliphatic heterocycles. The van der Waals surface area contributed by atoms with Gasteiger partial charge in [0.2, 0.25) is 5.91 Å². The van der Waals surface area contributed by atoms with Crippen molar-refractivity contribution >= 4 is 81.1 Å². The van der Waals surface area contributed by atoms with Gasteiger partial charge in [0, 0.05) is 51.5 Å². The van der Waals surface area contributed by atoms with E-state index in [-0.39, 0.29) is 42.4 Å². The lowest BCUT2D eigenvalue weighted by molar-refractivity contribution is -0.153. The molecule has 3 atom stereocenters. The molecule has 2 fully saturated rings. The number of hydrogen-bond acceptors (Lipinski definition) is 10. The number of aromatic hydroxyl groups is 1. The minimum atomic E-state index is -1.57. The SMILES string of the molecule is CCN1CCN(C(=O)NC(C(=O)N[C@@H]2C(=O)N3C(C(=O)O)=C(Sc4ccc5c(c4)oc4ccccc45)CS[C@H]23)c2ccccc2O)C(=O)C1=O. The van der Waals surface area contributed by atoms with E-state index in [1.165, 1.54) is 52.7 Å². The Bertz CT molecular complexity index is 2150. The standard InChI is InChI=1S/C34H29N5O9S2/c1-2-37-13-14-38(31(44)30(37)43)34(47)36-25(20-8-3-5-9-21(20)40)28(41)35-26-29(42)39-27(33(45)46)24(16-49-32(26)39)50-17-11-12-19-18-7-4-6-10-22(18)48-23(19)15-17/h3-12,15,25-26,32,40H,2,13-14,16H2,1H3,(H,35,41)(H,36,47)(H,45,46)/t25?,26-,32-/m1/s1. The van der Waals surface area contributed by atoms with Gasteiger partial charge in [-0.3, -0.25) is 29.0 Å². The Morgan fingerprint density at radius 2 is 1.72 bits per heavy atom. The number of hydrogen-bond donors (Lipinski definition) is 4. The summed E-state index contributed by atoms with van der Waals surface area (Å²) in [7, 11) is 0. The monoisotopic (exact) mass is 715 g/mol. The zero-order chi connectivity index (χ0) is 35.3. The fourth-order valence-corrected chi connectivity index (χ4v) is 8.71. The number of phenols is 1. The predicted octanol–water partition coefficient (Wildman–Crippen LogP) is 3.22. The van der Waals surface area contributed by atoms with Gasteiger partial charge >= 0.3 is 23.8 Å². The molecule has 4 heterocycles. The van der Waals surface area contributed by atoms with Crippen LogP contribution in [0, 0.1) is 0 Å². The van der Waals surface area contributed by atoms with Gasteiger partial charge in [0.25, 0.3) is 5.91 Å². The van der Waals surface area contributed by atoms with Crippen LogP contribution >= 0.6 is 23.5 Å². The number of phenolic OH excluding ortho intramolecular Hbond substituents is 1. The Morgan fingerprint density at radius 3 is 2.48 bits per heavy atom. The number of benzene rings is 3. The van der Waals surface area contributed by atoms with Crippen LogP contribution in [0.15, 0.2) is 86.6 Å². The van der Waals surface area contributed by atoms with Crippen molar-refractivity contribution in [3.05, 3.63) is 82.9 Å². The van der Waals surface area contributed by atoms with Crippen LogP contribution in [-0.2, 0) is 24.0 Å². The van der Waals surface area contributed by atoms with Crippen molar-refractivity contribution in [1.29, 1.82) is 0 Å². The van der Waals surface area contributed by atoms with Crippen LogP contribution in [-0.4, -0.2) is 97.3 Å².